The number of anilines is 1. The number of nitrogens with zero attached hydrogens (tertiary/aromatic N) is 1. The molecule has 0 amide bonds. The van der Waals surface area contributed by atoms with Gasteiger partial charge < -0.3 is 10.7 Å². The Morgan fingerprint density at radius 2 is 2.05 bits per heavy atom. The molecule has 3 rings (SSSR count). The van der Waals surface area contributed by atoms with Crippen molar-refractivity contribution in [1.29, 1.82) is 0 Å². The molecule has 0 saturated heterocycles. The normalized spacial score (nSPS) is 11.1. The molecule has 1 aromatic heterocycles. The number of hydrogen-bond donors (Lipinski definition) is 2. The van der Waals surface area contributed by atoms with Gasteiger partial charge in [0.05, 0.1) is 11.2 Å². The van der Waals surface area contributed by atoms with Gasteiger partial charge in [0.25, 0.3) is 0 Å². The number of nitrogens with two attached hydrogens (primary N) is 1. The van der Waals surface area contributed by atoms with Crippen LogP contribution in [0.5, 0.6) is 0 Å². The molecule has 0 aliphatic carbocycles. The van der Waals surface area contributed by atoms with Gasteiger partial charge in [-0.2, -0.15) is 0 Å². The topological polar surface area (TPSA) is 54.7 Å². The van der Waals surface area contributed by atoms with E-state index in [1.54, 1.807) is 6.07 Å². The Kier molecular flexibility index (Phi) is 2.91. The first-order chi connectivity index (χ1) is 9.19. The van der Waals surface area contributed by atoms with Crippen molar-refractivity contribution in [1.82, 2.24) is 9.97 Å². The minimum absolute atomic E-state index is 0.596. The van der Waals surface area contributed by atoms with Crippen LogP contribution in [0.15, 0.2) is 36.4 Å². The van der Waals surface area contributed by atoms with E-state index in [-0.39, 0.29) is 0 Å². The molecule has 2 aromatic carbocycles. The van der Waals surface area contributed by atoms with Gasteiger partial charge in [-0.15, -0.1) is 0 Å². The highest BCUT2D eigenvalue weighted by molar-refractivity contribution is 6.31. The third-order valence-corrected chi connectivity index (χ3v) is 3.45. The number of rotatable bonds is 2. The zero-order valence-corrected chi connectivity index (χ0v) is 11.3. The molecular weight excluding hydrogens is 258 g/mol. The van der Waals surface area contributed by atoms with E-state index in [0.29, 0.717) is 10.7 Å². The van der Waals surface area contributed by atoms with Gasteiger partial charge in [0, 0.05) is 10.6 Å². The predicted octanol–water partition coefficient (Wildman–Crippen LogP) is 4.03. The molecular formula is C15H14ClN3. The second-order valence-corrected chi connectivity index (χ2v) is 4.92. The molecule has 19 heavy (non-hydrogen) atoms. The maximum Gasteiger partial charge on any atom is 0.138 e. The fourth-order valence-corrected chi connectivity index (χ4v) is 2.52. The maximum absolute atomic E-state index is 6.01. The number of halogens is 1. The van der Waals surface area contributed by atoms with Crippen LogP contribution < -0.4 is 5.73 Å². The SMILES string of the molecule is CCc1ccccc1-c1nc2c(N)cc(Cl)cc2[nH]1. The van der Waals surface area contributed by atoms with Gasteiger partial charge in [-0.1, -0.05) is 42.8 Å². The van der Waals surface area contributed by atoms with Crippen molar-refractivity contribution in [2.45, 2.75) is 13.3 Å². The number of H-pyrrole nitrogens is 1. The monoisotopic (exact) mass is 271 g/mol. The summed E-state index contributed by atoms with van der Waals surface area (Å²) in [4.78, 5) is 7.89. The van der Waals surface area contributed by atoms with Gasteiger partial charge in [0.15, 0.2) is 0 Å². The first-order valence-electron chi connectivity index (χ1n) is 6.22. The number of imidazole rings is 1. The summed E-state index contributed by atoms with van der Waals surface area (Å²) in [6, 6.07) is 11.8. The molecule has 3 N–H and O–H groups in total. The number of aromatic amines is 1. The average molecular weight is 272 g/mol. The molecule has 0 aliphatic heterocycles. The van der Waals surface area contributed by atoms with Crippen LogP contribution in [0, 0.1) is 0 Å². The van der Waals surface area contributed by atoms with Gasteiger partial charge in [-0.25, -0.2) is 4.98 Å². The minimum atomic E-state index is 0.596. The molecule has 0 spiro atoms. The van der Waals surface area contributed by atoms with E-state index in [9.17, 15) is 0 Å². The Labute approximate surface area is 116 Å². The number of nitrogen functional groups attached to an aromatic ring is 1. The van der Waals surface area contributed by atoms with Crippen LogP contribution in [-0.2, 0) is 6.42 Å². The molecule has 3 nitrogen and oxygen atoms in total. The fourth-order valence-electron chi connectivity index (χ4n) is 2.29. The average Bonchev–Trinajstić information content (AvgIpc) is 2.82. The molecule has 0 saturated carbocycles. The minimum Gasteiger partial charge on any atom is -0.397 e. The molecule has 0 unspecified atom stereocenters. The largest absolute Gasteiger partial charge is 0.397 e. The van der Waals surface area contributed by atoms with Gasteiger partial charge in [0.1, 0.15) is 11.3 Å². The summed E-state index contributed by atoms with van der Waals surface area (Å²) in [5.74, 6) is 0.835. The lowest BCUT2D eigenvalue weighted by molar-refractivity contribution is 1.13. The molecule has 4 heteroatoms. The third-order valence-electron chi connectivity index (χ3n) is 3.23. The Morgan fingerprint density at radius 3 is 2.84 bits per heavy atom. The number of aryl methyl sites for hydroxylation is 1. The van der Waals surface area contributed by atoms with Crippen LogP contribution in [-0.4, -0.2) is 9.97 Å². The molecule has 0 radical (unpaired) electrons. The van der Waals surface area contributed by atoms with E-state index in [0.717, 1.165) is 28.8 Å². The lowest BCUT2D eigenvalue weighted by Gasteiger charge is -2.03. The van der Waals surface area contributed by atoms with Crippen molar-refractivity contribution >= 4 is 28.3 Å². The summed E-state index contributed by atoms with van der Waals surface area (Å²) in [5.41, 5.74) is 10.5. The number of fused-ring (bicyclic) bond motifs is 1. The Hall–Kier alpha value is -2.00. The van der Waals surface area contributed by atoms with Crippen molar-refractivity contribution in [3.8, 4) is 11.4 Å². The Morgan fingerprint density at radius 1 is 1.26 bits per heavy atom. The summed E-state index contributed by atoms with van der Waals surface area (Å²) in [6.45, 7) is 2.13. The Bertz CT molecular complexity index is 746. The van der Waals surface area contributed by atoms with Crippen molar-refractivity contribution in [3.05, 3.63) is 47.0 Å². The van der Waals surface area contributed by atoms with E-state index in [1.165, 1.54) is 5.56 Å². The Balaban J connectivity index is 2.23. The first-order valence-corrected chi connectivity index (χ1v) is 6.60. The van der Waals surface area contributed by atoms with E-state index < -0.39 is 0 Å². The van der Waals surface area contributed by atoms with Crippen molar-refractivity contribution < 1.29 is 0 Å². The number of aromatic nitrogens is 2. The quantitative estimate of drug-likeness (QED) is 0.692. The van der Waals surface area contributed by atoms with E-state index in [1.807, 2.05) is 18.2 Å². The number of benzene rings is 2. The molecule has 0 aliphatic rings. The molecule has 0 bridgehead atoms. The second kappa shape index (κ2) is 4.59. The van der Waals surface area contributed by atoms with Crippen LogP contribution in [0.25, 0.3) is 22.4 Å². The van der Waals surface area contributed by atoms with Gasteiger partial charge >= 0.3 is 0 Å². The van der Waals surface area contributed by atoms with Crippen molar-refractivity contribution in [2.24, 2.45) is 0 Å². The summed E-state index contributed by atoms with van der Waals surface area (Å²) in [7, 11) is 0. The van der Waals surface area contributed by atoms with Crippen molar-refractivity contribution in [2.75, 3.05) is 5.73 Å². The van der Waals surface area contributed by atoms with Crippen LogP contribution in [0.3, 0.4) is 0 Å². The summed E-state index contributed by atoms with van der Waals surface area (Å²) >= 11 is 6.01. The zero-order valence-electron chi connectivity index (χ0n) is 10.6. The van der Waals surface area contributed by atoms with Gasteiger partial charge in [-0.05, 0) is 24.1 Å². The van der Waals surface area contributed by atoms with Gasteiger partial charge in [0.2, 0.25) is 0 Å². The first kappa shape index (κ1) is 12.1. The highest BCUT2D eigenvalue weighted by Gasteiger charge is 2.11. The number of nitrogens with one attached hydrogen (secondary N) is 1. The third kappa shape index (κ3) is 2.06. The predicted molar refractivity (Wildman–Crippen MR) is 80.3 cm³/mol. The number of hydrogen-bond acceptors (Lipinski definition) is 2. The lowest BCUT2D eigenvalue weighted by atomic mass is 10.1. The molecule has 96 valence electrons. The van der Waals surface area contributed by atoms with Crippen LogP contribution in [0.1, 0.15) is 12.5 Å². The summed E-state index contributed by atoms with van der Waals surface area (Å²) < 4.78 is 0. The van der Waals surface area contributed by atoms with E-state index in [4.69, 9.17) is 17.3 Å². The summed E-state index contributed by atoms with van der Waals surface area (Å²) in [6.07, 6.45) is 0.962. The highest BCUT2D eigenvalue weighted by atomic mass is 35.5. The van der Waals surface area contributed by atoms with E-state index in [2.05, 4.69) is 29.0 Å². The highest BCUT2D eigenvalue weighted by Crippen LogP contribution is 2.29. The van der Waals surface area contributed by atoms with Gasteiger partial charge in [-0.3, -0.25) is 0 Å². The maximum atomic E-state index is 6.01. The van der Waals surface area contributed by atoms with E-state index >= 15 is 0 Å². The lowest BCUT2D eigenvalue weighted by Crippen LogP contribution is -1.88. The standard InChI is InChI=1S/C15H14ClN3/c1-2-9-5-3-4-6-11(9)15-18-13-8-10(16)7-12(17)14(13)19-15/h3-8H,2,17H2,1H3,(H,18,19). The van der Waals surface area contributed by atoms with Crippen LogP contribution in [0.2, 0.25) is 5.02 Å². The fraction of sp³-hybridized carbons (Fsp3) is 0.133. The smallest absolute Gasteiger partial charge is 0.138 e. The summed E-state index contributed by atoms with van der Waals surface area (Å²) in [5, 5.41) is 0.615. The van der Waals surface area contributed by atoms with Crippen LogP contribution >= 0.6 is 11.6 Å². The second-order valence-electron chi connectivity index (χ2n) is 4.49. The molecule has 1 heterocycles. The molecule has 0 atom stereocenters. The molecule has 3 aromatic rings. The zero-order chi connectivity index (χ0) is 13.4. The van der Waals surface area contributed by atoms with Crippen LogP contribution in [0.4, 0.5) is 5.69 Å². The molecule has 0 fully saturated rings. The van der Waals surface area contributed by atoms with Crippen molar-refractivity contribution in [3.63, 3.8) is 0 Å².